The Hall–Kier alpha value is -2.89. The number of anilines is 2. The quantitative estimate of drug-likeness (QED) is 0.513. The lowest BCUT2D eigenvalue weighted by molar-refractivity contribution is -0.274. The minimum atomic E-state index is -4.82. The Kier molecular flexibility index (Phi) is 5.97. The number of hydrogen-bond acceptors (Lipinski definition) is 5. The molecule has 0 spiro atoms. The molecule has 7 nitrogen and oxygen atoms in total. The van der Waals surface area contributed by atoms with E-state index in [1.54, 1.807) is 35.2 Å². The van der Waals surface area contributed by atoms with Crippen molar-refractivity contribution in [1.29, 1.82) is 0 Å². The molecule has 32 heavy (non-hydrogen) atoms. The summed E-state index contributed by atoms with van der Waals surface area (Å²) in [7, 11) is 0. The van der Waals surface area contributed by atoms with E-state index in [2.05, 4.69) is 15.4 Å². The van der Waals surface area contributed by atoms with Crippen LogP contribution in [0.5, 0.6) is 5.75 Å². The van der Waals surface area contributed by atoms with Gasteiger partial charge in [0, 0.05) is 11.4 Å². The third-order valence-corrected chi connectivity index (χ3v) is 5.89. The largest absolute Gasteiger partial charge is 0.573 e. The minimum Gasteiger partial charge on any atom is -0.406 e. The fourth-order valence-electron chi connectivity index (χ4n) is 4.21. The Morgan fingerprint density at radius 3 is 2.41 bits per heavy atom. The number of nitrogens with one attached hydrogen (secondary N) is 2. The molecular weight excluding hydrogens is 447 g/mol. The number of amides is 1. The summed E-state index contributed by atoms with van der Waals surface area (Å²) < 4.78 is 41.3. The zero-order valence-corrected chi connectivity index (χ0v) is 17.3. The predicted octanol–water partition coefficient (Wildman–Crippen LogP) is 2.40. The van der Waals surface area contributed by atoms with E-state index in [4.69, 9.17) is 12.2 Å². The summed E-state index contributed by atoms with van der Waals surface area (Å²) in [5, 5.41) is 26.8. The summed E-state index contributed by atoms with van der Waals surface area (Å²) >= 11 is 5.40. The van der Waals surface area contributed by atoms with Gasteiger partial charge in [-0.05, 0) is 55.0 Å². The first-order valence-electron chi connectivity index (χ1n) is 9.81. The fourth-order valence-corrected chi connectivity index (χ4v) is 4.57. The Morgan fingerprint density at radius 1 is 1.12 bits per heavy atom. The van der Waals surface area contributed by atoms with E-state index < -0.39 is 42.3 Å². The van der Waals surface area contributed by atoms with Crippen molar-refractivity contribution in [2.45, 2.75) is 37.1 Å². The molecule has 1 amide bonds. The first-order chi connectivity index (χ1) is 15.1. The molecule has 1 saturated carbocycles. The molecule has 2 aromatic carbocycles. The average molecular weight is 467 g/mol. The molecule has 4 N–H and O–H groups in total. The number of nitrogens with zero attached hydrogens (tertiary/aromatic N) is 1. The number of aliphatic hydroxyl groups excluding tert-OH is 2. The third-order valence-electron chi connectivity index (χ3n) is 5.57. The molecule has 2 aromatic rings. The molecule has 4 rings (SSSR count). The Balaban J connectivity index is 1.63. The monoisotopic (exact) mass is 467 g/mol. The van der Waals surface area contributed by atoms with E-state index >= 15 is 0 Å². The number of halogens is 3. The van der Waals surface area contributed by atoms with Crippen LogP contribution in [0.15, 0.2) is 54.6 Å². The number of fused-ring (bicyclic) bond motifs is 1. The molecular formula is C21H20F3N3O4S. The van der Waals surface area contributed by atoms with E-state index in [0.29, 0.717) is 11.4 Å². The standard InChI is InChI=1S/C21H20F3N3O4S/c22-21(23,24)31-13-8-6-12(7-9-13)27-17-14(19(30)25-11-4-2-1-3-5-11)10-15(28)18(29)16(17)26-20(27)32/h1-9,14-18,28-29H,10H2,(H,25,30)(H,26,32). The van der Waals surface area contributed by atoms with E-state index in [0.717, 1.165) is 12.1 Å². The number of benzene rings is 2. The summed E-state index contributed by atoms with van der Waals surface area (Å²) in [5.74, 6) is -1.53. The van der Waals surface area contributed by atoms with Crippen LogP contribution in [0.4, 0.5) is 24.5 Å². The second kappa shape index (κ2) is 8.57. The summed E-state index contributed by atoms with van der Waals surface area (Å²) in [6.07, 6.45) is -7.17. The normalized spacial score (nSPS) is 27.5. The first kappa shape index (κ1) is 22.3. The topological polar surface area (TPSA) is 94.1 Å². The maximum atomic E-state index is 13.1. The number of ether oxygens (including phenoxy) is 1. The Morgan fingerprint density at radius 2 is 1.78 bits per heavy atom. The van der Waals surface area contributed by atoms with Gasteiger partial charge in [-0.15, -0.1) is 13.2 Å². The van der Waals surface area contributed by atoms with Crippen LogP contribution >= 0.6 is 12.2 Å². The molecule has 1 saturated heterocycles. The molecule has 1 aliphatic carbocycles. The molecule has 5 atom stereocenters. The molecule has 1 aliphatic heterocycles. The maximum Gasteiger partial charge on any atom is 0.573 e. The van der Waals surface area contributed by atoms with E-state index in [1.807, 2.05) is 0 Å². The lowest BCUT2D eigenvalue weighted by atomic mass is 9.77. The van der Waals surface area contributed by atoms with E-state index in [9.17, 15) is 28.2 Å². The lowest BCUT2D eigenvalue weighted by Crippen LogP contribution is -2.60. The zero-order valence-electron chi connectivity index (χ0n) is 16.5. The smallest absolute Gasteiger partial charge is 0.406 e. The number of carbonyl (C=O) groups is 1. The van der Waals surface area contributed by atoms with Crippen LogP contribution in [0, 0.1) is 5.92 Å². The summed E-state index contributed by atoms with van der Waals surface area (Å²) in [6.45, 7) is 0. The number of carbonyl (C=O) groups excluding carboxylic acids is 1. The number of thiocarbonyl (C=S) groups is 1. The zero-order chi connectivity index (χ0) is 23.0. The first-order valence-corrected chi connectivity index (χ1v) is 10.2. The maximum absolute atomic E-state index is 13.1. The van der Waals surface area contributed by atoms with Crippen molar-refractivity contribution in [1.82, 2.24) is 5.32 Å². The number of para-hydroxylation sites is 1. The summed E-state index contributed by atoms with van der Waals surface area (Å²) in [5.41, 5.74) is 0.994. The lowest BCUT2D eigenvalue weighted by Gasteiger charge is -2.41. The average Bonchev–Trinajstić information content (AvgIpc) is 3.08. The highest BCUT2D eigenvalue weighted by Crippen LogP contribution is 2.38. The van der Waals surface area contributed by atoms with Crippen molar-refractivity contribution in [3.8, 4) is 5.75 Å². The summed E-state index contributed by atoms with van der Waals surface area (Å²) in [6, 6.07) is 12.4. The second-order valence-electron chi connectivity index (χ2n) is 7.63. The van der Waals surface area contributed by atoms with Crippen molar-refractivity contribution >= 4 is 34.6 Å². The molecule has 0 aromatic heterocycles. The molecule has 1 heterocycles. The van der Waals surface area contributed by atoms with Crippen LogP contribution in [0.25, 0.3) is 0 Å². The third kappa shape index (κ3) is 4.50. The van der Waals surface area contributed by atoms with Gasteiger partial charge >= 0.3 is 6.36 Å². The number of aliphatic hydroxyl groups is 2. The van der Waals surface area contributed by atoms with Crippen LogP contribution in [-0.2, 0) is 4.79 Å². The Bertz CT molecular complexity index is 990. The van der Waals surface area contributed by atoms with Gasteiger partial charge in [0.25, 0.3) is 0 Å². The molecule has 2 aliphatic rings. The highest BCUT2D eigenvalue weighted by molar-refractivity contribution is 7.80. The van der Waals surface area contributed by atoms with Crippen molar-refractivity contribution in [3.63, 3.8) is 0 Å². The highest BCUT2D eigenvalue weighted by Gasteiger charge is 2.54. The molecule has 5 unspecified atom stereocenters. The number of alkyl halides is 3. The van der Waals surface area contributed by atoms with Gasteiger partial charge in [-0.25, -0.2) is 0 Å². The minimum absolute atomic E-state index is 0.0168. The van der Waals surface area contributed by atoms with Crippen LogP contribution in [-0.4, -0.2) is 51.9 Å². The van der Waals surface area contributed by atoms with Crippen molar-refractivity contribution in [2.75, 3.05) is 10.2 Å². The van der Waals surface area contributed by atoms with Crippen LogP contribution in [0.3, 0.4) is 0 Å². The number of rotatable bonds is 4. The van der Waals surface area contributed by atoms with Crippen LogP contribution in [0.1, 0.15) is 6.42 Å². The van der Waals surface area contributed by atoms with Crippen molar-refractivity contribution < 1.29 is 32.9 Å². The summed E-state index contributed by atoms with van der Waals surface area (Å²) in [4.78, 5) is 14.7. The van der Waals surface area contributed by atoms with Crippen LogP contribution in [0.2, 0.25) is 0 Å². The fraction of sp³-hybridized carbons (Fsp3) is 0.333. The van der Waals surface area contributed by atoms with Gasteiger partial charge in [-0.3, -0.25) is 4.79 Å². The van der Waals surface area contributed by atoms with Gasteiger partial charge in [0.05, 0.1) is 24.1 Å². The Labute approximate surface area is 186 Å². The molecule has 0 bridgehead atoms. The predicted molar refractivity (Wildman–Crippen MR) is 114 cm³/mol. The number of hydrogen-bond donors (Lipinski definition) is 4. The molecule has 11 heteroatoms. The van der Waals surface area contributed by atoms with Gasteiger partial charge < -0.3 is 30.5 Å². The van der Waals surface area contributed by atoms with E-state index in [-0.39, 0.29) is 17.4 Å². The van der Waals surface area contributed by atoms with Crippen molar-refractivity contribution in [2.24, 2.45) is 5.92 Å². The van der Waals surface area contributed by atoms with E-state index in [1.165, 1.54) is 12.1 Å². The van der Waals surface area contributed by atoms with Gasteiger partial charge in [-0.2, -0.15) is 0 Å². The van der Waals surface area contributed by atoms with Gasteiger partial charge in [0.1, 0.15) is 11.9 Å². The van der Waals surface area contributed by atoms with Gasteiger partial charge in [0.2, 0.25) is 5.91 Å². The SMILES string of the molecule is O=C(Nc1ccccc1)C1CC(O)C(O)C2NC(=S)N(c3ccc(OC(F)(F)F)cc3)C12. The highest BCUT2D eigenvalue weighted by atomic mass is 32.1. The van der Waals surface area contributed by atoms with Crippen LogP contribution < -0.4 is 20.3 Å². The molecule has 170 valence electrons. The van der Waals surface area contributed by atoms with Crippen molar-refractivity contribution in [3.05, 3.63) is 54.6 Å². The van der Waals surface area contributed by atoms with Gasteiger partial charge in [0.15, 0.2) is 5.11 Å². The molecule has 2 fully saturated rings. The second-order valence-corrected chi connectivity index (χ2v) is 8.02. The van der Waals surface area contributed by atoms with Gasteiger partial charge in [-0.1, -0.05) is 18.2 Å². The molecule has 0 radical (unpaired) electrons.